The Hall–Kier alpha value is -1.31. The monoisotopic (exact) mass is 248 g/mol. The van der Waals surface area contributed by atoms with Crippen molar-refractivity contribution in [1.29, 1.82) is 0 Å². The summed E-state index contributed by atoms with van der Waals surface area (Å²) in [6, 6.07) is 8.18. The minimum absolute atomic E-state index is 0.143. The van der Waals surface area contributed by atoms with Gasteiger partial charge in [-0.3, -0.25) is 4.79 Å². The van der Waals surface area contributed by atoms with Gasteiger partial charge in [0, 0.05) is 0 Å². The highest BCUT2D eigenvalue weighted by molar-refractivity contribution is 5.73. The SMILES string of the molecule is CC(C)(C)OC(=O)Cc1ccc(C(C)(C)C)cc1. The van der Waals surface area contributed by atoms with Crippen molar-refractivity contribution in [3.63, 3.8) is 0 Å². The van der Waals surface area contributed by atoms with E-state index in [1.54, 1.807) is 0 Å². The molecule has 0 aliphatic carbocycles. The Morgan fingerprint density at radius 2 is 1.50 bits per heavy atom. The summed E-state index contributed by atoms with van der Waals surface area (Å²) in [7, 11) is 0. The maximum Gasteiger partial charge on any atom is 0.310 e. The van der Waals surface area contributed by atoms with E-state index in [9.17, 15) is 4.79 Å². The van der Waals surface area contributed by atoms with E-state index in [0.717, 1.165) is 5.56 Å². The van der Waals surface area contributed by atoms with Crippen LogP contribution in [0.2, 0.25) is 0 Å². The maximum absolute atomic E-state index is 11.7. The zero-order valence-electron chi connectivity index (χ0n) is 12.3. The first kappa shape index (κ1) is 14.7. The van der Waals surface area contributed by atoms with Gasteiger partial charge in [-0.25, -0.2) is 0 Å². The highest BCUT2D eigenvalue weighted by atomic mass is 16.6. The molecule has 0 aromatic heterocycles. The van der Waals surface area contributed by atoms with Gasteiger partial charge in [-0.2, -0.15) is 0 Å². The molecule has 0 saturated heterocycles. The quantitative estimate of drug-likeness (QED) is 0.743. The Kier molecular flexibility index (Phi) is 4.20. The molecule has 0 fully saturated rings. The van der Waals surface area contributed by atoms with Crippen molar-refractivity contribution in [2.75, 3.05) is 0 Å². The summed E-state index contributed by atoms with van der Waals surface area (Å²) in [6.07, 6.45) is 0.335. The van der Waals surface area contributed by atoms with Crippen LogP contribution >= 0.6 is 0 Å². The van der Waals surface area contributed by atoms with Gasteiger partial charge in [-0.1, -0.05) is 45.0 Å². The first-order valence-corrected chi connectivity index (χ1v) is 6.39. The van der Waals surface area contributed by atoms with Gasteiger partial charge in [0.2, 0.25) is 0 Å². The Labute approximate surface area is 110 Å². The molecule has 18 heavy (non-hydrogen) atoms. The second-order valence-corrected chi connectivity index (χ2v) is 6.71. The lowest BCUT2D eigenvalue weighted by molar-refractivity contribution is -0.153. The molecule has 0 spiro atoms. The van der Waals surface area contributed by atoms with E-state index in [1.165, 1.54) is 5.56 Å². The first-order valence-electron chi connectivity index (χ1n) is 6.39. The first-order chi connectivity index (χ1) is 8.08. The van der Waals surface area contributed by atoms with Crippen LogP contribution in [0.1, 0.15) is 52.7 Å². The van der Waals surface area contributed by atoms with Crippen LogP contribution in [-0.4, -0.2) is 11.6 Å². The number of hydrogen-bond donors (Lipinski definition) is 0. The minimum atomic E-state index is -0.414. The molecule has 0 radical (unpaired) electrons. The highest BCUT2D eigenvalue weighted by Gasteiger charge is 2.17. The molecule has 0 amide bonds. The van der Waals surface area contributed by atoms with Crippen molar-refractivity contribution < 1.29 is 9.53 Å². The standard InChI is InChI=1S/C16H24O2/c1-15(2,3)13-9-7-12(8-10-13)11-14(17)18-16(4,5)6/h7-10H,11H2,1-6H3. The number of ether oxygens (including phenoxy) is 1. The van der Waals surface area contributed by atoms with Crippen LogP contribution in [0.25, 0.3) is 0 Å². The fraction of sp³-hybridized carbons (Fsp3) is 0.562. The van der Waals surface area contributed by atoms with Crippen LogP contribution in [0, 0.1) is 0 Å². The summed E-state index contributed by atoms with van der Waals surface area (Å²) < 4.78 is 5.30. The van der Waals surface area contributed by atoms with Crippen molar-refractivity contribution in [3.8, 4) is 0 Å². The van der Waals surface area contributed by atoms with Crippen LogP contribution in [0.4, 0.5) is 0 Å². The predicted octanol–water partition coefficient (Wildman–Crippen LogP) is 3.87. The van der Waals surface area contributed by atoms with Gasteiger partial charge < -0.3 is 4.74 Å². The van der Waals surface area contributed by atoms with Gasteiger partial charge in [-0.15, -0.1) is 0 Å². The lowest BCUT2D eigenvalue weighted by atomic mass is 9.86. The molecule has 2 nitrogen and oxygen atoms in total. The lowest BCUT2D eigenvalue weighted by Crippen LogP contribution is -2.24. The van der Waals surface area contributed by atoms with Gasteiger partial charge in [-0.05, 0) is 37.3 Å². The van der Waals surface area contributed by atoms with Crippen molar-refractivity contribution in [3.05, 3.63) is 35.4 Å². The average Bonchev–Trinajstić information content (AvgIpc) is 2.13. The third-order valence-corrected chi connectivity index (χ3v) is 2.59. The average molecular weight is 248 g/mol. The Morgan fingerprint density at radius 3 is 1.89 bits per heavy atom. The summed E-state index contributed by atoms with van der Waals surface area (Å²) in [6.45, 7) is 12.2. The Bertz CT molecular complexity index is 402. The largest absolute Gasteiger partial charge is 0.460 e. The number of carbonyl (C=O) groups is 1. The summed E-state index contributed by atoms with van der Waals surface area (Å²) in [4.78, 5) is 11.7. The molecule has 1 aromatic rings. The van der Waals surface area contributed by atoms with Crippen LogP contribution in [-0.2, 0) is 21.4 Å². The molecule has 1 aromatic carbocycles. The van der Waals surface area contributed by atoms with Crippen molar-refractivity contribution in [1.82, 2.24) is 0 Å². The zero-order valence-corrected chi connectivity index (χ0v) is 12.3. The molecule has 0 saturated carbocycles. The summed E-state index contributed by atoms with van der Waals surface area (Å²) in [5.41, 5.74) is 2.00. The van der Waals surface area contributed by atoms with E-state index < -0.39 is 5.60 Å². The molecule has 0 aliphatic rings. The van der Waals surface area contributed by atoms with E-state index in [0.29, 0.717) is 6.42 Å². The van der Waals surface area contributed by atoms with Gasteiger partial charge in [0.05, 0.1) is 6.42 Å². The van der Waals surface area contributed by atoms with E-state index in [4.69, 9.17) is 4.74 Å². The molecule has 0 unspecified atom stereocenters. The van der Waals surface area contributed by atoms with Crippen LogP contribution in [0.15, 0.2) is 24.3 Å². The summed E-state index contributed by atoms with van der Waals surface area (Å²) >= 11 is 0. The van der Waals surface area contributed by atoms with E-state index >= 15 is 0 Å². The van der Waals surface area contributed by atoms with E-state index in [2.05, 4.69) is 32.9 Å². The molecule has 100 valence electrons. The van der Waals surface area contributed by atoms with Gasteiger partial charge in [0.25, 0.3) is 0 Å². The molecule has 0 heterocycles. The Morgan fingerprint density at radius 1 is 1.00 bits per heavy atom. The number of rotatable bonds is 2. The van der Waals surface area contributed by atoms with Gasteiger partial charge >= 0.3 is 5.97 Å². The molecule has 0 atom stereocenters. The second kappa shape index (κ2) is 5.13. The zero-order chi connectivity index (χ0) is 14.0. The topological polar surface area (TPSA) is 26.3 Å². The van der Waals surface area contributed by atoms with Crippen molar-refractivity contribution >= 4 is 5.97 Å². The fourth-order valence-electron chi connectivity index (χ4n) is 1.67. The molecule has 1 rings (SSSR count). The van der Waals surface area contributed by atoms with Gasteiger partial charge in [0.15, 0.2) is 0 Å². The lowest BCUT2D eigenvalue weighted by Gasteiger charge is -2.20. The predicted molar refractivity (Wildman–Crippen MR) is 74.7 cm³/mol. The fourth-order valence-corrected chi connectivity index (χ4v) is 1.67. The molecular weight excluding hydrogens is 224 g/mol. The smallest absolute Gasteiger partial charge is 0.310 e. The van der Waals surface area contributed by atoms with E-state index in [-0.39, 0.29) is 11.4 Å². The third-order valence-electron chi connectivity index (χ3n) is 2.59. The number of carbonyl (C=O) groups excluding carboxylic acids is 1. The van der Waals surface area contributed by atoms with E-state index in [1.807, 2.05) is 32.9 Å². The maximum atomic E-state index is 11.7. The minimum Gasteiger partial charge on any atom is -0.460 e. The molecule has 0 aliphatic heterocycles. The summed E-state index contributed by atoms with van der Waals surface area (Å²) in [5, 5.41) is 0. The number of hydrogen-bond acceptors (Lipinski definition) is 2. The second-order valence-electron chi connectivity index (χ2n) is 6.71. The third kappa shape index (κ3) is 4.91. The van der Waals surface area contributed by atoms with Crippen molar-refractivity contribution in [2.24, 2.45) is 0 Å². The molecular formula is C16H24O2. The number of benzene rings is 1. The van der Waals surface area contributed by atoms with Crippen LogP contribution < -0.4 is 0 Å². The normalized spacial score (nSPS) is 12.3. The molecule has 2 heteroatoms. The van der Waals surface area contributed by atoms with Gasteiger partial charge in [0.1, 0.15) is 5.60 Å². The number of esters is 1. The van der Waals surface area contributed by atoms with Crippen molar-refractivity contribution in [2.45, 2.75) is 59.0 Å². The molecule has 0 N–H and O–H groups in total. The molecule has 0 bridgehead atoms. The highest BCUT2D eigenvalue weighted by Crippen LogP contribution is 2.22. The Balaban J connectivity index is 2.67. The van der Waals surface area contributed by atoms with Crippen LogP contribution in [0.3, 0.4) is 0 Å². The van der Waals surface area contributed by atoms with Crippen LogP contribution in [0.5, 0.6) is 0 Å². The summed E-state index contributed by atoms with van der Waals surface area (Å²) in [5.74, 6) is -0.175.